The molecule has 0 aliphatic carbocycles. The summed E-state index contributed by atoms with van der Waals surface area (Å²) in [5, 5.41) is 16.3. The van der Waals surface area contributed by atoms with Crippen LogP contribution in [0.3, 0.4) is 0 Å². The number of nitrogens with zero attached hydrogens (tertiary/aromatic N) is 3. The lowest BCUT2D eigenvalue weighted by atomic mass is 10.1. The van der Waals surface area contributed by atoms with Gasteiger partial charge in [0, 0.05) is 11.3 Å². The van der Waals surface area contributed by atoms with E-state index in [9.17, 15) is 32.7 Å². The number of nitrogens with one attached hydrogen (secondary N) is 2. The maximum Gasteiger partial charge on any atom is 0.439 e. The fourth-order valence-corrected chi connectivity index (χ4v) is 3.21. The van der Waals surface area contributed by atoms with Gasteiger partial charge in [-0.1, -0.05) is 11.2 Å². The van der Waals surface area contributed by atoms with Gasteiger partial charge in [0.1, 0.15) is 11.5 Å². The summed E-state index contributed by atoms with van der Waals surface area (Å²) in [7, 11) is 0. The summed E-state index contributed by atoms with van der Waals surface area (Å²) in [6, 6.07) is 9.01. The highest BCUT2D eigenvalue weighted by molar-refractivity contribution is 6.03. The number of anilines is 2. The average Bonchev–Trinajstić information content (AvgIpc) is 3.25. The van der Waals surface area contributed by atoms with E-state index >= 15 is 0 Å². The number of ether oxygens (including phenoxy) is 1. The second-order valence-corrected chi connectivity index (χ2v) is 7.12. The molecule has 3 heterocycles. The van der Waals surface area contributed by atoms with Crippen LogP contribution in [-0.2, 0) is 20.5 Å². The van der Waals surface area contributed by atoms with Gasteiger partial charge in [-0.25, -0.2) is 9.78 Å². The SMILES string of the molecule is O=C(Nc1ccc(-c2noc(=O)[nH]2)cc1)[C@H](O)[C@H]1OCCN(c2cccc(C(F)(F)F)n2)C1=O. The van der Waals surface area contributed by atoms with Crippen LogP contribution in [0.4, 0.5) is 24.7 Å². The van der Waals surface area contributed by atoms with Gasteiger partial charge in [0.05, 0.1) is 13.2 Å². The number of H-pyrrole nitrogens is 1. The van der Waals surface area contributed by atoms with Crippen molar-refractivity contribution in [1.82, 2.24) is 15.1 Å². The number of carbonyl (C=O) groups is 2. The minimum Gasteiger partial charge on any atom is -0.380 e. The maximum absolute atomic E-state index is 13.0. The third-order valence-corrected chi connectivity index (χ3v) is 4.84. The predicted octanol–water partition coefficient (Wildman–Crippen LogP) is 1.18. The molecule has 0 spiro atoms. The van der Waals surface area contributed by atoms with Crippen LogP contribution in [0.1, 0.15) is 5.69 Å². The fourth-order valence-electron chi connectivity index (χ4n) is 3.21. The van der Waals surface area contributed by atoms with Crippen molar-refractivity contribution < 1.29 is 37.1 Å². The fraction of sp³-hybridized carbons (Fsp3) is 0.250. The van der Waals surface area contributed by atoms with Gasteiger partial charge < -0.3 is 15.2 Å². The van der Waals surface area contributed by atoms with Crippen LogP contribution >= 0.6 is 0 Å². The molecule has 3 aromatic rings. The molecule has 14 heteroatoms. The van der Waals surface area contributed by atoms with E-state index in [0.717, 1.165) is 17.0 Å². The zero-order valence-electron chi connectivity index (χ0n) is 17.1. The number of amides is 2. The standard InChI is InChI=1S/C20H16F3N5O6/c21-20(22,23)12-2-1-3-13(25-12)28-8-9-33-15(18(28)31)14(29)17(30)24-11-6-4-10(5-7-11)16-26-19(32)34-27-16/h1-7,14-15,29H,8-9H2,(H,24,30)(H,26,27,32)/t14-,15-/m1/s1. The van der Waals surface area contributed by atoms with E-state index < -0.39 is 41.6 Å². The van der Waals surface area contributed by atoms with Gasteiger partial charge in [-0.15, -0.1) is 0 Å². The van der Waals surface area contributed by atoms with Gasteiger partial charge in [0.15, 0.2) is 18.0 Å². The van der Waals surface area contributed by atoms with E-state index in [4.69, 9.17) is 4.74 Å². The molecule has 0 saturated carbocycles. The summed E-state index contributed by atoms with van der Waals surface area (Å²) in [5.74, 6) is -2.72. The van der Waals surface area contributed by atoms with Crippen molar-refractivity contribution in [1.29, 1.82) is 0 Å². The molecule has 3 N–H and O–H groups in total. The van der Waals surface area contributed by atoms with Crippen LogP contribution in [0.5, 0.6) is 0 Å². The Kier molecular flexibility index (Phi) is 6.17. The normalized spacial score (nSPS) is 17.5. The molecule has 0 bridgehead atoms. The van der Waals surface area contributed by atoms with Crippen LogP contribution < -0.4 is 16.0 Å². The molecular weight excluding hydrogens is 463 g/mol. The number of benzene rings is 1. The molecule has 1 saturated heterocycles. The topological polar surface area (TPSA) is 151 Å². The van der Waals surface area contributed by atoms with Crippen molar-refractivity contribution in [2.45, 2.75) is 18.4 Å². The van der Waals surface area contributed by atoms with Crippen molar-refractivity contribution in [2.24, 2.45) is 0 Å². The second kappa shape index (κ2) is 9.07. The third kappa shape index (κ3) is 4.82. The molecule has 11 nitrogen and oxygen atoms in total. The molecule has 1 aliphatic rings. The van der Waals surface area contributed by atoms with Crippen LogP contribution in [0.15, 0.2) is 51.8 Å². The Morgan fingerprint density at radius 1 is 1.21 bits per heavy atom. The number of aliphatic hydroxyl groups excluding tert-OH is 1. The minimum absolute atomic E-state index is 0.108. The molecule has 2 atom stereocenters. The zero-order chi connectivity index (χ0) is 24.5. The first-order chi connectivity index (χ1) is 16.1. The molecule has 2 amide bonds. The number of aromatic amines is 1. The number of carbonyl (C=O) groups excluding carboxylic acids is 2. The number of aromatic nitrogens is 3. The summed E-state index contributed by atoms with van der Waals surface area (Å²) in [6.07, 6.45) is -8.31. The lowest BCUT2D eigenvalue weighted by Gasteiger charge is -2.33. The van der Waals surface area contributed by atoms with Gasteiger partial charge in [-0.3, -0.25) is 24.0 Å². The molecular formula is C20H16F3N5O6. The van der Waals surface area contributed by atoms with Crippen LogP contribution in [0.2, 0.25) is 0 Å². The first kappa shape index (κ1) is 23.1. The monoisotopic (exact) mass is 479 g/mol. The van der Waals surface area contributed by atoms with Crippen LogP contribution in [-0.4, -0.2) is 57.4 Å². The molecule has 4 rings (SSSR count). The maximum atomic E-state index is 13.0. The Hall–Kier alpha value is -4.04. The largest absolute Gasteiger partial charge is 0.439 e. The lowest BCUT2D eigenvalue weighted by Crippen LogP contribution is -2.55. The summed E-state index contributed by atoms with van der Waals surface area (Å²) in [5.41, 5.74) is -0.449. The highest BCUT2D eigenvalue weighted by atomic mass is 19.4. The first-order valence-corrected chi connectivity index (χ1v) is 9.76. The van der Waals surface area contributed by atoms with E-state index in [1.54, 1.807) is 0 Å². The smallest absolute Gasteiger partial charge is 0.380 e. The minimum atomic E-state index is -4.71. The number of aliphatic hydroxyl groups is 1. The molecule has 0 unspecified atom stereocenters. The van der Waals surface area contributed by atoms with E-state index in [1.807, 2.05) is 0 Å². The number of alkyl halides is 3. The highest BCUT2D eigenvalue weighted by Gasteiger charge is 2.40. The second-order valence-electron chi connectivity index (χ2n) is 7.12. The van der Waals surface area contributed by atoms with Crippen LogP contribution in [0.25, 0.3) is 11.4 Å². The molecule has 0 radical (unpaired) electrons. The molecule has 1 aromatic carbocycles. The van der Waals surface area contributed by atoms with Crippen molar-refractivity contribution in [3.8, 4) is 11.4 Å². The van der Waals surface area contributed by atoms with Crippen molar-refractivity contribution in [2.75, 3.05) is 23.4 Å². The number of hydrogen-bond donors (Lipinski definition) is 3. The Bertz CT molecular complexity index is 1260. The number of morpholine rings is 1. The first-order valence-electron chi connectivity index (χ1n) is 9.76. The van der Waals surface area contributed by atoms with Gasteiger partial charge in [-0.2, -0.15) is 13.2 Å². The summed E-state index contributed by atoms with van der Waals surface area (Å²) < 4.78 is 48.5. The van der Waals surface area contributed by atoms with E-state index in [0.29, 0.717) is 5.56 Å². The Balaban J connectivity index is 1.45. The summed E-state index contributed by atoms with van der Waals surface area (Å²) in [6.45, 7) is -0.243. The lowest BCUT2D eigenvalue weighted by molar-refractivity contribution is -0.150. The average molecular weight is 479 g/mol. The molecule has 178 valence electrons. The van der Waals surface area contributed by atoms with Gasteiger partial charge in [0.25, 0.3) is 11.8 Å². The number of hydrogen-bond acceptors (Lipinski definition) is 8. The van der Waals surface area contributed by atoms with Crippen LogP contribution in [0, 0.1) is 0 Å². The van der Waals surface area contributed by atoms with Gasteiger partial charge in [0.2, 0.25) is 0 Å². The summed E-state index contributed by atoms with van der Waals surface area (Å²) >= 11 is 0. The zero-order valence-corrected chi connectivity index (χ0v) is 17.1. The Morgan fingerprint density at radius 2 is 1.94 bits per heavy atom. The van der Waals surface area contributed by atoms with Crippen molar-refractivity contribution in [3.05, 3.63) is 58.7 Å². The molecule has 1 aliphatic heterocycles. The Labute approximate surface area is 188 Å². The third-order valence-electron chi connectivity index (χ3n) is 4.84. The van der Waals surface area contributed by atoms with E-state index in [1.165, 1.54) is 30.3 Å². The number of pyridine rings is 1. The van der Waals surface area contributed by atoms with E-state index in [2.05, 4.69) is 25.0 Å². The Morgan fingerprint density at radius 3 is 2.59 bits per heavy atom. The quantitative estimate of drug-likeness (QED) is 0.494. The van der Waals surface area contributed by atoms with Gasteiger partial charge >= 0.3 is 11.9 Å². The summed E-state index contributed by atoms with van der Waals surface area (Å²) in [4.78, 5) is 43.1. The predicted molar refractivity (Wildman–Crippen MR) is 109 cm³/mol. The number of rotatable bonds is 5. The van der Waals surface area contributed by atoms with Crippen molar-refractivity contribution >= 4 is 23.3 Å². The molecule has 34 heavy (non-hydrogen) atoms. The number of halogens is 3. The highest BCUT2D eigenvalue weighted by Crippen LogP contribution is 2.29. The van der Waals surface area contributed by atoms with Gasteiger partial charge in [-0.05, 0) is 36.4 Å². The van der Waals surface area contributed by atoms with E-state index in [-0.39, 0.29) is 30.5 Å². The van der Waals surface area contributed by atoms with Crippen molar-refractivity contribution in [3.63, 3.8) is 0 Å². The molecule has 1 fully saturated rings. The molecule has 2 aromatic heterocycles.